The van der Waals surface area contributed by atoms with E-state index in [-0.39, 0.29) is 6.61 Å². The maximum atomic E-state index is 8.97. The monoisotopic (exact) mass is 244 g/mol. The van der Waals surface area contributed by atoms with Gasteiger partial charge in [-0.2, -0.15) is 0 Å². The van der Waals surface area contributed by atoms with Gasteiger partial charge in [-0.3, -0.25) is 4.90 Å². The highest BCUT2D eigenvalue weighted by Crippen LogP contribution is 2.17. The van der Waals surface area contributed by atoms with Crippen LogP contribution in [0.5, 0.6) is 0 Å². The largest absolute Gasteiger partial charge is 0.395 e. The van der Waals surface area contributed by atoms with Crippen LogP contribution in [0.15, 0.2) is 0 Å². The van der Waals surface area contributed by atoms with Crippen LogP contribution in [0.25, 0.3) is 0 Å². The predicted molar refractivity (Wildman–Crippen MR) is 65.8 cm³/mol. The Balaban J connectivity index is 2.52. The van der Waals surface area contributed by atoms with Gasteiger partial charge in [0.15, 0.2) is 0 Å². The van der Waals surface area contributed by atoms with Crippen LogP contribution >= 0.6 is 11.3 Å². The van der Waals surface area contributed by atoms with E-state index in [9.17, 15) is 0 Å². The molecule has 4 nitrogen and oxygen atoms in total. The number of nitrogens with zero attached hydrogens (tertiary/aromatic N) is 2. The second-order valence-electron chi connectivity index (χ2n) is 3.74. The Kier molecular flexibility index (Phi) is 5.90. The van der Waals surface area contributed by atoms with Gasteiger partial charge in [0.1, 0.15) is 5.01 Å². The maximum Gasteiger partial charge on any atom is 0.107 e. The van der Waals surface area contributed by atoms with Gasteiger partial charge in [-0.25, -0.2) is 4.98 Å². The zero-order chi connectivity index (χ0) is 12.0. The Hall–Kier alpha value is -0.490. The molecular formula is C11H20N2O2S. The average Bonchev–Trinajstić information content (AvgIpc) is 2.55. The van der Waals surface area contributed by atoms with E-state index < -0.39 is 0 Å². The van der Waals surface area contributed by atoms with E-state index in [0.717, 1.165) is 23.8 Å². The Morgan fingerprint density at radius 3 is 2.62 bits per heavy atom. The van der Waals surface area contributed by atoms with E-state index in [4.69, 9.17) is 9.84 Å². The molecule has 0 bridgehead atoms. The molecular weight excluding hydrogens is 224 g/mol. The number of rotatable bonds is 7. The summed E-state index contributed by atoms with van der Waals surface area (Å²) < 4.78 is 5.04. The number of aryl methyl sites for hydroxylation is 2. The quantitative estimate of drug-likeness (QED) is 0.783. The van der Waals surface area contributed by atoms with Gasteiger partial charge in [0.25, 0.3) is 0 Å². The molecule has 5 heteroatoms. The molecule has 1 aromatic heterocycles. The van der Waals surface area contributed by atoms with Crippen molar-refractivity contribution in [2.24, 2.45) is 0 Å². The molecule has 16 heavy (non-hydrogen) atoms. The molecule has 0 unspecified atom stereocenters. The second-order valence-corrected chi connectivity index (χ2v) is 5.03. The predicted octanol–water partition coefficient (Wildman–Crippen LogP) is 1.20. The highest BCUT2D eigenvalue weighted by molar-refractivity contribution is 7.11. The van der Waals surface area contributed by atoms with Crippen molar-refractivity contribution in [3.05, 3.63) is 15.6 Å². The van der Waals surface area contributed by atoms with Crippen LogP contribution in [0.4, 0.5) is 0 Å². The van der Waals surface area contributed by atoms with Gasteiger partial charge in [-0.05, 0) is 13.8 Å². The summed E-state index contributed by atoms with van der Waals surface area (Å²) in [4.78, 5) is 7.92. The third kappa shape index (κ3) is 4.17. The molecule has 0 aliphatic heterocycles. The van der Waals surface area contributed by atoms with Crippen LogP contribution in [0.1, 0.15) is 15.6 Å². The lowest BCUT2D eigenvalue weighted by Crippen LogP contribution is -2.29. The number of methoxy groups -OCH3 is 1. The number of aromatic nitrogens is 1. The third-order valence-electron chi connectivity index (χ3n) is 2.46. The standard InChI is InChI=1S/C11H20N2O2S/c1-9-10(2)16-11(12-9)8-13(4-6-14)5-7-15-3/h14H,4-8H2,1-3H3. The molecule has 0 spiro atoms. The summed E-state index contributed by atoms with van der Waals surface area (Å²) in [6.45, 7) is 7.26. The van der Waals surface area contributed by atoms with E-state index >= 15 is 0 Å². The van der Waals surface area contributed by atoms with Crippen LogP contribution in [-0.4, -0.2) is 48.4 Å². The number of aliphatic hydroxyl groups is 1. The highest BCUT2D eigenvalue weighted by Gasteiger charge is 2.09. The van der Waals surface area contributed by atoms with Crippen LogP contribution in [0, 0.1) is 13.8 Å². The number of hydrogen-bond acceptors (Lipinski definition) is 5. The fourth-order valence-electron chi connectivity index (χ4n) is 1.43. The van der Waals surface area contributed by atoms with Crippen molar-refractivity contribution in [3.63, 3.8) is 0 Å². The van der Waals surface area contributed by atoms with Crippen LogP contribution < -0.4 is 0 Å². The molecule has 1 heterocycles. The summed E-state index contributed by atoms with van der Waals surface area (Å²) in [5.74, 6) is 0. The van der Waals surface area contributed by atoms with E-state index in [1.54, 1.807) is 18.4 Å². The SMILES string of the molecule is COCCN(CCO)Cc1nc(C)c(C)s1. The molecule has 0 saturated carbocycles. The van der Waals surface area contributed by atoms with Crippen molar-refractivity contribution in [1.29, 1.82) is 0 Å². The van der Waals surface area contributed by atoms with Gasteiger partial charge in [0.05, 0.1) is 25.5 Å². The van der Waals surface area contributed by atoms with Crippen LogP contribution in [0.2, 0.25) is 0 Å². The summed E-state index contributed by atoms with van der Waals surface area (Å²) in [5, 5.41) is 10.1. The molecule has 0 amide bonds. The van der Waals surface area contributed by atoms with Crippen molar-refractivity contribution < 1.29 is 9.84 Å². The molecule has 0 atom stereocenters. The topological polar surface area (TPSA) is 45.6 Å². The summed E-state index contributed by atoms with van der Waals surface area (Å²) >= 11 is 1.73. The average molecular weight is 244 g/mol. The highest BCUT2D eigenvalue weighted by atomic mass is 32.1. The summed E-state index contributed by atoms with van der Waals surface area (Å²) in [5.41, 5.74) is 1.11. The lowest BCUT2D eigenvalue weighted by molar-refractivity contribution is 0.127. The molecule has 0 aliphatic carbocycles. The van der Waals surface area contributed by atoms with Gasteiger partial charge >= 0.3 is 0 Å². The minimum atomic E-state index is 0.174. The van der Waals surface area contributed by atoms with Gasteiger partial charge in [-0.1, -0.05) is 0 Å². The van der Waals surface area contributed by atoms with E-state index in [1.807, 2.05) is 6.92 Å². The van der Waals surface area contributed by atoms with Crippen molar-refractivity contribution in [3.8, 4) is 0 Å². The lowest BCUT2D eigenvalue weighted by Gasteiger charge is -2.19. The Bertz CT molecular complexity index is 295. The molecule has 0 radical (unpaired) electrons. The first-order valence-electron chi connectivity index (χ1n) is 5.42. The molecule has 0 saturated heterocycles. The Labute approximate surface area is 101 Å². The van der Waals surface area contributed by atoms with E-state index in [0.29, 0.717) is 13.2 Å². The minimum absolute atomic E-state index is 0.174. The van der Waals surface area contributed by atoms with Crippen LogP contribution in [0.3, 0.4) is 0 Å². The first-order chi connectivity index (χ1) is 7.67. The number of thiazole rings is 1. The van der Waals surface area contributed by atoms with Crippen LogP contribution in [-0.2, 0) is 11.3 Å². The molecule has 1 N–H and O–H groups in total. The van der Waals surface area contributed by atoms with Gasteiger partial charge in [0.2, 0.25) is 0 Å². The number of hydrogen-bond donors (Lipinski definition) is 1. The zero-order valence-corrected chi connectivity index (χ0v) is 11.0. The fraction of sp³-hybridized carbons (Fsp3) is 0.727. The van der Waals surface area contributed by atoms with Crippen molar-refractivity contribution in [2.75, 3.05) is 33.4 Å². The molecule has 0 aromatic carbocycles. The Morgan fingerprint density at radius 1 is 1.38 bits per heavy atom. The molecule has 1 rings (SSSR count). The zero-order valence-electron chi connectivity index (χ0n) is 10.2. The van der Waals surface area contributed by atoms with Gasteiger partial charge < -0.3 is 9.84 Å². The normalized spacial score (nSPS) is 11.3. The molecule has 0 fully saturated rings. The summed E-state index contributed by atoms with van der Waals surface area (Å²) in [6.07, 6.45) is 0. The minimum Gasteiger partial charge on any atom is -0.395 e. The van der Waals surface area contributed by atoms with Crippen molar-refractivity contribution in [1.82, 2.24) is 9.88 Å². The third-order valence-corrected chi connectivity index (χ3v) is 3.52. The smallest absolute Gasteiger partial charge is 0.107 e. The summed E-state index contributed by atoms with van der Waals surface area (Å²) in [7, 11) is 1.69. The second kappa shape index (κ2) is 6.96. The first kappa shape index (κ1) is 13.6. The first-order valence-corrected chi connectivity index (χ1v) is 6.24. The van der Waals surface area contributed by atoms with E-state index in [1.165, 1.54) is 4.88 Å². The van der Waals surface area contributed by atoms with Crippen molar-refractivity contribution >= 4 is 11.3 Å². The molecule has 1 aromatic rings. The Morgan fingerprint density at radius 2 is 2.12 bits per heavy atom. The van der Waals surface area contributed by atoms with Gasteiger partial charge in [0, 0.05) is 25.1 Å². The van der Waals surface area contributed by atoms with E-state index in [2.05, 4.69) is 16.8 Å². The molecule has 92 valence electrons. The fourth-order valence-corrected chi connectivity index (χ4v) is 2.41. The maximum absolute atomic E-state index is 8.97. The van der Waals surface area contributed by atoms with Gasteiger partial charge in [-0.15, -0.1) is 11.3 Å². The number of ether oxygens (including phenoxy) is 1. The summed E-state index contributed by atoms with van der Waals surface area (Å²) in [6, 6.07) is 0. The number of aliphatic hydroxyl groups excluding tert-OH is 1. The lowest BCUT2D eigenvalue weighted by atomic mass is 10.4. The van der Waals surface area contributed by atoms with Crippen molar-refractivity contribution in [2.45, 2.75) is 20.4 Å². The molecule has 0 aliphatic rings.